The molecule has 0 aliphatic carbocycles. The molecule has 0 amide bonds. The molecular formula is C16H16N2O4S. The molecule has 23 heavy (non-hydrogen) atoms. The van der Waals surface area contributed by atoms with Gasteiger partial charge in [-0.25, -0.2) is 8.42 Å². The third kappa shape index (κ3) is 2.07. The summed E-state index contributed by atoms with van der Waals surface area (Å²) in [6.45, 7) is 0. The normalized spacial score (nSPS) is 27.6. The van der Waals surface area contributed by atoms with E-state index in [9.17, 15) is 18.3 Å². The number of carboxylic acids is 1. The van der Waals surface area contributed by atoms with Gasteiger partial charge in [-0.05, 0) is 31.4 Å². The molecule has 3 heterocycles. The van der Waals surface area contributed by atoms with E-state index in [0.717, 1.165) is 11.8 Å². The van der Waals surface area contributed by atoms with E-state index in [4.69, 9.17) is 0 Å². The number of hydrogen-bond acceptors (Lipinski definition) is 4. The maximum atomic E-state index is 13.2. The lowest BCUT2D eigenvalue weighted by molar-refractivity contribution is -0.142. The standard InChI is InChI=1S/C16H16N2O4S/c19-16(20)13-8-11-4-5-14(13)18(11)23(21,22)15-3-1-2-10-9-17-7-6-12(10)15/h1-3,6-7,9,11,13-14H,4-5,8H2,(H,19,20). The number of aliphatic carboxylic acids is 1. The maximum Gasteiger partial charge on any atom is 0.308 e. The van der Waals surface area contributed by atoms with Gasteiger partial charge in [0.1, 0.15) is 0 Å². The van der Waals surface area contributed by atoms with Crippen molar-refractivity contribution in [3.63, 3.8) is 0 Å². The fourth-order valence-electron chi connectivity index (χ4n) is 4.01. The number of aromatic nitrogens is 1. The third-order valence-electron chi connectivity index (χ3n) is 4.99. The maximum absolute atomic E-state index is 13.2. The van der Waals surface area contributed by atoms with Gasteiger partial charge in [-0.1, -0.05) is 12.1 Å². The zero-order chi connectivity index (χ0) is 16.2. The molecule has 2 fully saturated rings. The monoisotopic (exact) mass is 332 g/mol. The largest absolute Gasteiger partial charge is 0.481 e. The second-order valence-corrected chi connectivity index (χ2v) is 7.98. The van der Waals surface area contributed by atoms with Gasteiger partial charge in [0.2, 0.25) is 10.0 Å². The average Bonchev–Trinajstić information content (AvgIpc) is 3.13. The fourth-order valence-corrected chi connectivity index (χ4v) is 6.14. The van der Waals surface area contributed by atoms with Gasteiger partial charge in [0, 0.05) is 35.2 Å². The predicted molar refractivity (Wildman–Crippen MR) is 83.3 cm³/mol. The second kappa shape index (κ2) is 5.01. The zero-order valence-corrected chi connectivity index (χ0v) is 13.1. The number of nitrogens with zero attached hydrogens (tertiary/aromatic N) is 2. The highest BCUT2D eigenvalue weighted by molar-refractivity contribution is 7.89. The highest BCUT2D eigenvalue weighted by atomic mass is 32.2. The Hall–Kier alpha value is -1.99. The Labute approximate surface area is 133 Å². The fraction of sp³-hybridized carbons (Fsp3) is 0.375. The first kappa shape index (κ1) is 14.6. The summed E-state index contributed by atoms with van der Waals surface area (Å²) in [7, 11) is -3.73. The summed E-state index contributed by atoms with van der Waals surface area (Å²) < 4.78 is 27.8. The molecule has 0 saturated carbocycles. The Bertz CT molecular complexity index is 891. The molecule has 2 bridgehead atoms. The van der Waals surface area contributed by atoms with Crippen LogP contribution in [0.25, 0.3) is 10.8 Å². The zero-order valence-electron chi connectivity index (χ0n) is 12.3. The minimum Gasteiger partial charge on any atom is -0.481 e. The second-order valence-electron chi connectivity index (χ2n) is 6.17. The third-order valence-corrected chi connectivity index (χ3v) is 7.02. The summed E-state index contributed by atoms with van der Waals surface area (Å²) in [5.74, 6) is -1.50. The van der Waals surface area contributed by atoms with Crippen LogP contribution < -0.4 is 0 Å². The Morgan fingerprint density at radius 1 is 1.26 bits per heavy atom. The number of fused-ring (bicyclic) bond motifs is 3. The van der Waals surface area contributed by atoms with E-state index in [0.29, 0.717) is 18.2 Å². The van der Waals surface area contributed by atoms with Crippen LogP contribution in [0, 0.1) is 5.92 Å². The van der Waals surface area contributed by atoms with E-state index in [1.165, 1.54) is 4.31 Å². The minimum atomic E-state index is -3.73. The molecule has 0 radical (unpaired) electrons. The summed E-state index contributed by atoms with van der Waals surface area (Å²) in [5.41, 5.74) is 0. The Balaban J connectivity index is 1.84. The molecule has 2 saturated heterocycles. The van der Waals surface area contributed by atoms with Crippen molar-refractivity contribution < 1.29 is 18.3 Å². The van der Waals surface area contributed by atoms with Gasteiger partial charge < -0.3 is 5.11 Å². The Kier molecular flexibility index (Phi) is 3.18. The number of hydrogen-bond donors (Lipinski definition) is 1. The lowest BCUT2D eigenvalue weighted by atomic mass is 9.89. The van der Waals surface area contributed by atoms with Gasteiger partial charge in [-0.3, -0.25) is 9.78 Å². The van der Waals surface area contributed by atoms with E-state index in [1.54, 1.807) is 30.6 Å². The molecule has 2 aromatic rings. The summed E-state index contributed by atoms with van der Waals surface area (Å²) in [6.07, 6.45) is 4.96. The lowest BCUT2D eigenvalue weighted by Crippen LogP contribution is -2.37. The molecule has 6 nitrogen and oxygen atoms in total. The molecule has 1 aromatic heterocycles. The van der Waals surface area contributed by atoms with Crippen LogP contribution in [-0.2, 0) is 14.8 Å². The van der Waals surface area contributed by atoms with Crippen molar-refractivity contribution in [2.75, 3.05) is 0 Å². The van der Waals surface area contributed by atoms with Crippen LogP contribution in [0.15, 0.2) is 41.6 Å². The Morgan fingerprint density at radius 2 is 2.09 bits per heavy atom. The minimum absolute atomic E-state index is 0.205. The first-order valence-corrected chi connectivity index (χ1v) is 9.03. The highest BCUT2D eigenvalue weighted by Crippen LogP contribution is 2.45. The van der Waals surface area contributed by atoms with E-state index < -0.39 is 28.0 Å². The molecule has 1 N–H and O–H groups in total. The van der Waals surface area contributed by atoms with Gasteiger partial charge in [-0.2, -0.15) is 4.31 Å². The number of carbonyl (C=O) groups is 1. The van der Waals surface area contributed by atoms with Gasteiger partial charge >= 0.3 is 5.97 Å². The summed E-state index contributed by atoms with van der Waals surface area (Å²) in [6, 6.07) is 6.16. The Morgan fingerprint density at radius 3 is 2.83 bits per heavy atom. The van der Waals surface area contributed by atoms with Crippen LogP contribution in [0.1, 0.15) is 19.3 Å². The first-order chi connectivity index (χ1) is 11.0. The number of carboxylic acid groups (broad SMARTS) is 1. The van der Waals surface area contributed by atoms with Crippen LogP contribution in [0.5, 0.6) is 0 Å². The first-order valence-electron chi connectivity index (χ1n) is 7.59. The van der Waals surface area contributed by atoms with Crippen LogP contribution in [0.4, 0.5) is 0 Å². The molecule has 2 aliphatic heterocycles. The number of rotatable bonds is 3. The van der Waals surface area contributed by atoms with Crippen LogP contribution in [0.3, 0.4) is 0 Å². The summed E-state index contributed by atoms with van der Waals surface area (Å²) in [5, 5.41) is 10.7. The molecule has 1 aromatic carbocycles. The quantitative estimate of drug-likeness (QED) is 0.927. The van der Waals surface area contributed by atoms with Crippen molar-refractivity contribution in [2.45, 2.75) is 36.2 Å². The SMILES string of the molecule is O=C(O)C1CC2CCC1N2S(=O)(=O)c1cccc2cnccc12. The molecule has 120 valence electrons. The molecule has 7 heteroatoms. The number of sulfonamides is 1. The molecule has 3 atom stereocenters. The molecule has 3 unspecified atom stereocenters. The van der Waals surface area contributed by atoms with Crippen molar-refractivity contribution in [2.24, 2.45) is 5.92 Å². The molecular weight excluding hydrogens is 316 g/mol. The van der Waals surface area contributed by atoms with Gasteiger partial charge in [0.25, 0.3) is 0 Å². The lowest BCUT2D eigenvalue weighted by Gasteiger charge is -2.23. The van der Waals surface area contributed by atoms with Gasteiger partial charge in [0.05, 0.1) is 10.8 Å². The van der Waals surface area contributed by atoms with Crippen LogP contribution >= 0.6 is 0 Å². The molecule has 2 aliphatic rings. The number of pyridine rings is 1. The summed E-state index contributed by atoms with van der Waals surface area (Å²) >= 11 is 0. The van der Waals surface area contributed by atoms with Crippen LogP contribution in [-0.4, -0.2) is 40.9 Å². The summed E-state index contributed by atoms with van der Waals surface area (Å²) in [4.78, 5) is 15.6. The predicted octanol–water partition coefficient (Wildman–Crippen LogP) is 1.86. The smallest absolute Gasteiger partial charge is 0.308 e. The average molecular weight is 332 g/mol. The number of benzene rings is 1. The van der Waals surface area contributed by atoms with Gasteiger partial charge in [0.15, 0.2) is 0 Å². The van der Waals surface area contributed by atoms with Crippen LogP contribution in [0.2, 0.25) is 0 Å². The topological polar surface area (TPSA) is 87.6 Å². The van der Waals surface area contributed by atoms with Crippen molar-refractivity contribution in [3.05, 3.63) is 36.7 Å². The van der Waals surface area contributed by atoms with Crippen molar-refractivity contribution in [3.8, 4) is 0 Å². The van der Waals surface area contributed by atoms with E-state index in [-0.39, 0.29) is 10.9 Å². The van der Waals surface area contributed by atoms with Crippen molar-refractivity contribution in [1.82, 2.24) is 9.29 Å². The molecule has 4 rings (SSSR count). The van der Waals surface area contributed by atoms with E-state index >= 15 is 0 Å². The van der Waals surface area contributed by atoms with Crippen molar-refractivity contribution >= 4 is 26.8 Å². The highest BCUT2D eigenvalue weighted by Gasteiger charge is 2.54. The van der Waals surface area contributed by atoms with E-state index in [1.807, 2.05) is 6.07 Å². The molecule has 0 spiro atoms. The van der Waals surface area contributed by atoms with E-state index in [2.05, 4.69) is 4.98 Å². The van der Waals surface area contributed by atoms with Crippen molar-refractivity contribution in [1.29, 1.82) is 0 Å². The van der Waals surface area contributed by atoms with Gasteiger partial charge in [-0.15, -0.1) is 0 Å².